The maximum atomic E-state index is 12.6. The molecule has 1 N–H and O–H groups in total. The molecule has 4 rings (SSSR count). The lowest BCUT2D eigenvalue weighted by Gasteiger charge is -2.11. The fraction of sp³-hybridized carbons (Fsp3) is 0.125. The molecule has 0 saturated carbocycles. The Morgan fingerprint density at radius 1 is 1.06 bits per heavy atom. The molecule has 9 nitrogen and oxygen atoms in total. The van der Waals surface area contributed by atoms with Crippen molar-refractivity contribution in [3.63, 3.8) is 0 Å². The minimum Gasteiger partial charge on any atom is -0.493 e. The first kappa shape index (κ1) is 23.0. The van der Waals surface area contributed by atoms with Gasteiger partial charge in [-0.2, -0.15) is 13.5 Å². The van der Waals surface area contributed by atoms with Gasteiger partial charge < -0.3 is 8.92 Å². The summed E-state index contributed by atoms with van der Waals surface area (Å²) < 4.78 is 37.4. The molecular weight excluding hydrogens is 456 g/mol. The molecule has 0 unspecified atom stereocenters. The third-order valence-electron chi connectivity index (χ3n) is 5.00. The molecule has 2 aromatic carbocycles. The first-order valence-corrected chi connectivity index (χ1v) is 11.7. The van der Waals surface area contributed by atoms with Crippen molar-refractivity contribution in [3.05, 3.63) is 89.4 Å². The van der Waals surface area contributed by atoms with Crippen LogP contribution >= 0.6 is 0 Å². The number of methoxy groups -OCH3 is 1. The predicted molar refractivity (Wildman–Crippen MR) is 127 cm³/mol. The van der Waals surface area contributed by atoms with Gasteiger partial charge >= 0.3 is 10.1 Å². The molecule has 2 heterocycles. The Morgan fingerprint density at radius 3 is 2.56 bits per heavy atom. The number of carbonyl (C=O) groups is 1. The number of pyridine rings is 1. The first-order valence-electron chi connectivity index (χ1n) is 10.2. The zero-order valence-corrected chi connectivity index (χ0v) is 19.5. The highest BCUT2D eigenvalue weighted by Crippen LogP contribution is 2.30. The molecule has 10 heteroatoms. The van der Waals surface area contributed by atoms with Gasteiger partial charge in [-0.05, 0) is 61.9 Å². The van der Waals surface area contributed by atoms with Gasteiger partial charge in [0.1, 0.15) is 16.2 Å². The number of imidazole rings is 1. The predicted octanol–water partition coefficient (Wildman–Crippen LogP) is 3.49. The molecule has 0 saturated heterocycles. The van der Waals surface area contributed by atoms with Crippen LogP contribution in [0.15, 0.2) is 76.9 Å². The Labute approximate surface area is 196 Å². The van der Waals surface area contributed by atoms with Crippen LogP contribution < -0.4 is 14.3 Å². The van der Waals surface area contributed by atoms with Crippen molar-refractivity contribution >= 4 is 27.9 Å². The Bertz CT molecular complexity index is 1490. The molecule has 0 aliphatic heterocycles. The Balaban J connectivity index is 1.49. The second-order valence-electron chi connectivity index (χ2n) is 7.43. The summed E-state index contributed by atoms with van der Waals surface area (Å²) in [6.07, 6.45) is 3.17. The van der Waals surface area contributed by atoms with Gasteiger partial charge in [0.25, 0.3) is 5.91 Å². The molecule has 1 amide bonds. The topological polar surface area (TPSA) is 111 Å². The van der Waals surface area contributed by atoms with Crippen LogP contribution in [-0.2, 0) is 10.1 Å². The van der Waals surface area contributed by atoms with Crippen LogP contribution in [0.2, 0.25) is 0 Å². The van der Waals surface area contributed by atoms with Crippen LogP contribution in [-0.4, -0.2) is 37.0 Å². The quantitative estimate of drug-likeness (QED) is 0.247. The standard InChI is InChI=1S/C24H22N4O5S/c1-16-7-10-19(11-8-16)34(30,31)33-20-12-9-18(14-21(20)32-3)15-25-27-24(29)23-17(2)26-22-6-4-5-13-28(22)23/h4-15H,1-3H3,(H,27,29). The number of aromatic nitrogens is 2. The second kappa shape index (κ2) is 9.36. The van der Waals surface area contributed by atoms with Crippen LogP contribution in [0.25, 0.3) is 5.65 Å². The largest absolute Gasteiger partial charge is 0.493 e. The molecule has 0 radical (unpaired) electrons. The first-order chi connectivity index (χ1) is 16.3. The monoisotopic (exact) mass is 478 g/mol. The van der Waals surface area contributed by atoms with Crippen molar-refractivity contribution in [1.82, 2.24) is 14.8 Å². The summed E-state index contributed by atoms with van der Waals surface area (Å²) in [6, 6.07) is 16.4. The average molecular weight is 479 g/mol. The number of nitrogens with one attached hydrogen (secondary N) is 1. The maximum absolute atomic E-state index is 12.6. The van der Waals surface area contributed by atoms with Gasteiger partial charge in [0.15, 0.2) is 11.5 Å². The normalized spacial score (nSPS) is 11.6. The van der Waals surface area contributed by atoms with E-state index in [4.69, 9.17) is 8.92 Å². The molecule has 0 aliphatic carbocycles. The number of fused-ring (bicyclic) bond motifs is 1. The lowest BCUT2D eigenvalue weighted by atomic mass is 10.2. The summed E-state index contributed by atoms with van der Waals surface area (Å²) in [5, 5.41) is 4.00. The number of hydrazone groups is 1. The fourth-order valence-electron chi connectivity index (χ4n) is 3.31. The van der Waals surface area contributed by atoms with Crippen LogP contribution in [0.5, 0.6) is 11.5 Å². The van der Waals surface area contributed by atoms with E-state index in [1.165, 1.54) is 31.5 Å². The minimum atomic E-state index is -4.03. The number of ether oxygens (including phenoxy) is 1. The summed E-state index contributed by atoms with van der Waals surface area (Å²) in [6.45, 7) is 3.61. The summed E-state index contributed by atoms with van der Waals surface area (Å²) >= 11 is 0. The van der Waals surface area contributed by atoms with Crippen molar-refractivity contribution < 1.29 is 22.1 Å². The van der Waals surface area contributed by atoms with Gasteiger partial charge in [-0.3, -0.25) is 9.20 Å². The number of nitrogens with zero attached hydrogens (tertiary/aromatic N) is 3. The average Bonchev–Trinajstić information content (AvgIpc) is 3.15. The minimum absolute atomic E-state index is 0.0330. The van der Waals surface area contributed by atoms with Crippen molar-refractivity contribution in [2.75, 3.05) is 7.11 Å². The summed E-state index contributed by atoms with van der Waals surface area (Å²) in [7, 11) is -2.63. The van der Waals surface area contributed by atoms with E-state index in [0.717, 1.165) is 5.56 Å². The van der Waals surface area contributed by atoms with E-state index < -0.39 is 16.0 Å². The van der Waals surface area contributed by atoms with Gasteiger partial charge in [-0.25, -0.2) is 10.4 Å². The van der Waals surface area contributed by atoms with E-state index in [0.29, 0.717) is 22.6 Å². The van der Waals surface area contributed by atoms with Crippen molar-refractivity contribution in [2.24, 2.45) is 5.10 Å². The van der Waals surface area contributed by atoms with Crippen LogP contribution in [0.4, 0.5) is 0 Å². The Hall–Kier alpha value is -4.18. The van der Waals surface area contributed by atoms with Crippen LogP contribution in [0.3, 0.4) is 0 Å². The van der Waals surface area contributed by atoms with E-state index in [1.54, 1.807) is 41.8 Å². The van der Waals surface area contributed by atoms with Crippen molar-refractivity contribution in [1.29, 1.82) is 0 Å². The van der Waals surface area contributed by atoms with E-state index in [9.17, 15) is 13.2 Å². The number of hydrogen-bond donors (Lipinski definition) is 1. The third-order valence-corrected chi connectivity index (χ3v) is 6.24. The Morgan fingerprint density at radius 2 is 1.82 bits per heavy atom. The fourth-order valence-corrected chi connectivity index (χ4v) is 4.25. The molecule has 174 valence electrons. The molecule has 2 aromatic heterocycles. The number of carbonyl (C=O) groups excluding carboxylic acids is 1. The molecule has 0 fully saturated rings. The smallest absolute Gasteiger partial charge is 0.339 e. The number of amides is 1. The molecule has 0 spiro atoms. The zero-order chi connectivity index (χ0) is 24.3. The van der Waals surface area contributed by atoms with Crippen molar-refractivity contribution in [3.8, 4) is 11.5 Å². The van der Waals surface area contributed by atoms with E-state index in [-0.39, 0.29) is 16.4 Å². The second-order valence-corrected chi connectivity index (χ2v) is 8.98. The van der Waals surface area contributed by atoms with Gasteiger partial charge in [0.05, 0.1) is 19.0 Å². The van der Waals surface area contributed by atoms with E-state index in [1.807, 2.05) is 25.1 Å². The van der Waals surface area contributed by atoms with Crippen molar-refractivity contribution in [2.45, 2.75) is 18.7 Å². The molecule has 4 aromatic rings. The highest BCUT2D eigenvalue weighted by molar-refractivity contribution is 7.87. The molecule has 34 heavy (non-hydrogen) atoms. The zero-order valence-electron chi connectivity index (χ0n) is 18.7. The van der Waals surface area contributed by atoms with Gasteiger partial charge in [0, 0.05) is 6.20 Å². The Kier molecular flexibility index (Phi) is 6.33. The molecule has 0 aliphatic rings. The number of hydrogen-bond acceptors (Lipinski definition) is 7. The van der Waals surface area contributed by atoms with Gasteiger partial charge in [-0.1, -0.05) is 23.8 Å². The van der Waals surface area contributed by atoms with E-state index >= 15 is 0 Å². The number of benzene rings is 2. The lowest BCUT2D eigenvalue weighted by molar-refractivity contribution is 0.0948. The van der Waals surface area contributed by atoms with Crippen LogP contribution in [0.1, 0.15) is 27.3 Å². The molecular formula is C24H22N4O5S. The molecule has 0 bridgehead atoms. The number of aryl methyl sites for hydroxylation is 2. The number of rotatable bonds is 7. The van der Waals surface area contributed by atoms with Crippen LogP contribution in [0, 0.1) is 13.8 Å². The van der Waals surface area contributed by atoms with Gasteiger partial charge in [-0.15, -0.1) is 0 Å². The SMILES string of the molecule is COc1cc(C=NNC(=O)c2c(C)nc3ccccn23)ccc1OS(=O)(=O)c1ccc(C)cc1. The van der Waals surface area contributed by atoms with Gasteiger partial charge in [0.2, 0.25) is 0 Å². The molecule has 0 atom stereocenters. The van der Waals surface area contributed by atoms with E-state index in [2.05, 4.69) is 15.5 Å². The third kappa shape index (κ3) is 4.76. The summed E-state index contributed by atoms with van der Waals surface area (Å²) in [5.74, 6) is -0.183. The lowest BCUT2D eigenvalue weighted by Crippen LogP contribution is -2.20. The highest BCUT2D eigenvalue weighted by atomic mass is 32.2. The summed E-state index contributed by atoms with van der Waals surface area (Å²) in [4.78, 5) is 17.0. The highest BCUT2D eigenvalue weighted by Gasteiger charge is 2.19. The summed E-state index contributed by atoms with van der Waals surface area (Å²) in [5.41, 5.74) is 5.61. The maximum Gasteiger partial charge on any atom is 0.339 e.